The van der Waals surface area contributed by atoms with Crippen molar-refractivity contribution in [1.29, 1.82) is 0 Å². The van der Waals surface area contributed by atoms with Gasteiger partial charge < -0.3 is 14.4 Å². The van der Waals surface area contributed by atoms with Gasteiger partial charge in [0.25, 0.3) is 0 Å². The molecule has 0 radical (unpaired) electrons. The highest BCUT2D eigenvalue weighted by atomic mass is 16.5. The molecule has 0 N–H and O–H groups in total. The highest BCUT2D eigenvalue weighted by Crippen LogP contribution is 2.31. The van der Waals surface area contributed by atoms with Crippen molar-refractivity contribution in [1.82, 2.24) is 14.8 Å². The molecule has 0 saturated carbocycles. The van der Waals surface area contributed by atoms with Gasteiger partial charge in [-0.2, -0.15) is 0 Å². The molecule has 3 rings (SSSR count). The molecule has 2 saturated heterocycles. The van der Waals surface area contributed by atoms with Crippen LogP contribution in [0.25, 0.3) is 0 Å². The molecule has 0 unspecified atom stereocenters. The number of carbonyl (C=O) groups is 1. The first-order valence-electron chi connectivity index (χ1n) is 9.19. The van der Waals surface area contributed by atoms with E-state index in [0.29, 0.717) is 25.7 Å². The Morgan fingerprint density at radius 1 is 1.48 bits per heavy atom. The number of fused-ring (bicyclic) bond motifs is 1. The Balaban J connectivity index is 1.63. The molecule has 0 spiro atoms. The minimum atomic E-state index is -0.0828. The van der Waals surface area contributed by atoms with Gasteiger partial charge in [0.15, 0.2) is 0 Å². The van der Waals surface area contributed by atoms with Gasteiger partial charge in [-0.25, -0.2) is 0 Å². The number of carbonyl (C=O) groups excluding carboxylic acids is 1. The number of rotatable bonds is 6. The summed E-state index contributed by atoms with van der Waals surface area (Å²) in [6.07, 6.45) is 3.65. The van der Waals surface area contributed by atoms with E-state index in [9.17, 15) is 4.79 Å². The van der Waals surface area contributed by atoms with Gasteiger partial charge in [0, 0.05) is 25.4 Å². The SMILES string of the molecule is CC(C)N(C)CC(=O)N1C[C@H](OCc2ccccn2)[C@H]2OCCC[C@H]21. The number of hydrogen-bond donors (Lipinski definition) is 0. The molecule has 0 aliphatic carbocycles. The first kappa shape index (κ1) is 18.3. The second-order valence-corrected chi connectivity index (χ2v) is 7.27. The van der Waals surface area contributed by atoms with E-state index in [-0.39, 0.29) is 24.2 Å². The quantitative estimate of drug-likeness (QED) is 0.784. The van der Waals surface area contributed by atoms with Gasteiger partial charge in [0.05, 0.1) is 24.9 Å². The molecule has 2 aliphatic heterocycles. The summed E-state index contributed by atoms with van der Waals surface area (Å²) in [7, 11) is 1.99. The summed E-state index contributed by atoms with van der Waals surface area (Å²) in [5.41, 5.74) is 0.902. The molecule has 1 amide bonds. The van der Waals surface area contributed by atoms with Crippen LogP contribution in [0.1, 0.15) is 32.4 Å². The summed E-state index contributed by atoms with van der Waals surface area (Å²) < 4.78 is 12.1. The third kappa shape index (κ3) is 4.37. The second kappa shape index (κ2) is 8.25. The van der Waals surface area contributed by atoms with Crippen molar-refractivity contribution >= 4 is 5.91 Å². The molecule has 1 aromatic rings. The summed E-state index contributed by atoms with van der Waals surface area (Å²) in [5.74, 6) is 0.167. The van der Waals surface area contributed by atoms with Crippen molar-refractivity contribution in [2.24, 2.45) is 0 Å². The lowest BCUT2D eigenvalue weighted by atomic mass is 10.0. The van der Waals surface area contributed by atoms with E-state index in [1.807, 2.05) is 30.1 Å². The molecule has 3 heterocycles. The number of amides is 1. The predicted molar refractivity (Wildman–Crippen MR) is 95.1 cm³/mol. The molecule has 0 aromatic carbocycles. The van der Waals surface area contributed by atoms with Crippen LogP contribution in [0.3, 0.4) is 0 Å². The highest BCUT2D eigenvalue weighted by molar-refractivity contribution is 5.79. The molecule has 0 bridgehead atoms. The van der Waals surface area contributed by atoms with E-state index in [2.05, 4.69) is 23.7 Å². The van der Waals surface area contributed by atoms with Crippen molar-refractivity contribution in [2.75, 3.05) is 26.7 Å². The summed E-state index contributed by atoms with van der Waals surface area (Å²) in [6.45, 7) is 6.44. The summed E-state index contributed by atoms with van der Waals surface area (Å²) in [5, 5.41) is 0. The molecule has 2 aliphatic rings. The Bertz CT molecular complexity index is 566. The van der Waals surface area contributed by atoms with Crippen LogP contribution >= 0.6 is 0 Å². The van der Waals surface area contributed by atoms with Gasteiger partial charge >= 0.3 is 0 Å². The maximum Gasteiger partial charge on any atom is 0.237 e. The van der Waals surface area contributed by atoms with Crippen LogP contribution in [0.5, 0.6) is 0 Å². The normalized spacial score (nSPS) is 26.3. The van der Waals surface area contributed by atoms with Crippen LogP contribution < -0.4 is 0 Å². The third-order valence-electron chi connectivity index (χ3n) is 5.24. The van der Waals surface area contributed by atoms with Gasteiger partial charge in [-0.15, -0.1) is 0 Å². The van der Waals surface area contributed by atoms with Crippen molar-refractivity contribution in [3.63, 3.8) is 0 Å². The van der Waals surface area contributed by atoms with Crippen LogP contribution in [-0.2, 0) is 20.9 Å². The number of pyridine rings is 1. The van der Waals surface area contributed by atoms with Crippen LogP contribution in [0, 0.1) is 0 Å². The Morgan fingerprint density at radius 3 is 3.04 bits per heavy atom. The van der Waals surface area contributed by atoms with E-state index in [0.717, 1.165) is 25.1 Å². The zero-order chi connectivity index (χ0) is 17.8. The van der Waals surface area contributed by atoms with E-state index in [1.165, 1.54) is 0 Å². The largest absolute Gasteiger partial charge is 0.373 e. The maximum atomic E-state index is 12.8. The Labute approximate surface area is 150 Å². The zero-order valence-corrected chi connectivity index (χ0v) is 15.4. The minimum absolute atomic E-state index is 0.0224. The third-order valence-corrected chi connectivity index (χ3v) is 5.24. The fourth-order valence-electron chi connectivity index (χ4n) is 3.51. The molecule has 6 heteroatoms. The van der Waals surface area contributed by atoms with Gasteiger partial charge in [0.1, 0.15) is 12.2 Å². The average Bonchev–Trinajstić information content (AvgIpc) is 2.99. The number of aromatic nitrogens is 1. The lowest BCUT2D eigenvalue weighted by molar-refractivity contribution is -0.136. The van der Waals surface area contributed by atoms with E-state index >= 15 is 0 Å². The Morgan fingerprint density at radius 2 is 2.32 bits per heavy atom. The van der Waals surface area contributed by atoms with E-state index in [1.54, 1.807) is 6.20 Å². The van der Waals surface area contributed by atoms with Crippen LogP contribution in [0.2, 0.25) is 0 Å². The summed E-state index contributed by atoms with van der Waals surface area (Å²) in [6, 6.07) is 6.29. The standard InChI is InChI=1S/C19H29N3O3/c1-14(2)21(3)12-18(23)22-11-17(19-16(22)8-6-10-24-19)25-13-15-7-4-5-9-20-15/h4-5,7,9,14,16-17,19H,6,8,10-13H2,1-3H3/t16-,17+,19+/m1/s1. The van der Waals surface area contributed by atoms with E-state index < -0.39 is 0 Å². The van der Waals surface area contributed by atoms with Crippen LogP contribution in [0.15, 0.2) is 24.4 Å². The number of likely N-dealkylation sites (N-methyl/N-ethyl adjacent to an activating group) is 1. The smallest absolute Gasteiger partial charge is 0.237 e. The van der Waals surface area contributed by atoms with Gasteiger partial charge in [-0.3, -0.25) is 14.7 Å². The molecular weight excluding hydrogens is 318 g/mol. The van der Waals surface area contributed by atoms with Crippen molar-refractivity contribution in [3.8, 4) is 0 Å². The van der Waals surface area contributed by atoms with Crippen LogP contribution in [-0.4, -0.2) is 71.7 Å². The van der Waals surface area contributed by atoms with E-state index in [4.69, 9.17) is 9.47 Å². The van der Waals surface area contributed by atoms with Gasteiger partial charge in [0.2, 0.25) is 5.91 Å². The van der Waals surface area contributed by atoms with Crippen molar-refractivity contribution in [3.05, 3.63) is 30.1 Å². The summed E-state index contributed by atoms with van der Waals surface area (Å²) in [4.78, 5) is 21.1. The molecule has 1 aromatic heterocycles. The second-order valence-electron chi connectivity index (χ2n) is 7.27. The zero-order valence-electron chi connectivity index (χ0n) is 15.4. The number of likely N-dealkylation sites (tertiary alicyclic amines) is 1. The van der Waals surface area contributed by atoms with Crippen molar-refractivity contribution < 1.29 is 14.3 Å². The molecule has 6 nitrogen and oxygen atoms in total. The molecule has 3 atom stereocenters. The number of nitrogens with zero attached hydrogens (tertiary/aromatic N) is 3. The topological polar surface area (TPSA) is 54.9 Å². The molecular formula is C19H29N3O3. The number of hydrogen-bond acceptors (Lipinski definition) is 5. The monoisotopic (exact) mass is 347 g/mol. The highest BCUT2D eigenvalue weighted by Gasteiger charge is 2.46. The van der Waals surface area contributed by atoms with Crippen LogP contribution in [0.4, 0.5) is 0 Å². The van der Waals surface area contributed by atoms with Gasteiger partial charge in [-0.05, 0) is 45.9 Å². The fraction of sp³-hybridized carbons (Fsp3) is 0.684. The Kier molecular flexibility index (Phi) is 6.04. The molecule has 2 fully saturated rings. The first-order chi connectivity index (χ1) is 12.1. The molecule has 25 heavy (non-hydrogen) atoms. The lowest BCUT2D eigenvalue weighted by Gasteiger charge is -2.33. The fourth-order valence-corrected chi connectivity index (χ4v) is 3.51. The first-order valence-corrected chi connectivity index (χ1v) is 9.19. The minimum Gasteiger partial charge on any atom is -0.373 e. The molecule has 138 valence electrons. The Hall–Kier alpha value is -1.50. The number of ether oxygens (including phenoxy) is 2. The average molecular weight is 347 g/mol. The lowest BCUT2D eigenvalue weighted by Crippen LogP contribution is -2.47. The predicted octanol–water partition coefficient (Wildman–Crippen LogP) is 1.70. The van der Waals surface area contributed by atoms with Gasteiger partial charge in [-0.1, -0.05) is 6.07 Å². The van der Waals surface area contributed by atoms with Crippen molar-refractivity contribution in [2.45, 2.75) is 57.6 Å². The maximum absolute atomic E-state index is 12.8. The summed E-state index contributed by atoms with van der Waals surface area (Å²) >= 11 is 0.